The first-order chi connectivity index (χ1) is 45.8. The summed E-state index contributed by atoms with van der Waals surface area (Å²) in [7, 11) is -0.235. The molecule has 5 fully saturated rings. The number of ether oxygens (including phenoxy) is 6. The second-order valence-electron chi connectivity index (χ2n) is 23.2. The molecule has 5 amide bonds. The van der Waals surface area contributed by atoms with E-state index in [2.05, 4.69) is 43.9 Å². The summed E-state index contributed by atoms with van der Waals surface area (Å²) in [6.45, 7) is 56.0. The van der Waals surface area contributed by atoms with E-state index in [-0.39, 0.29) is 51.8 Å². The number of hydrogen-bond donors (Lipinski definition) is 3. The summed E-state index contributed by atoms with van der Waals surface area (Å²) in [4.78, 5) is 82.9. The second-order valence-corrected chi connectivity index (χ2v) is 29.5. The van der Waals surface area contributed by atoms with Gasteiger partial charge in [-0.1, -0.05) is 88.3 Å². The van der Waals surface area contributed by atoms with Crippen LogP contribution >= 0.6 is 58.0 Å². The van der Waals surface area contributed by atoms with Gasteiger partial charge in [-0.3, -0.25) is 19.6 Å². The van der Waals surface area contributed by atoms with Gasteiger partial charge in [0.1, 0.15) is 45.1 Å². The van der Waals surface area contributed by atoms with Crippen LogP contribution in [0.4, 0.5) is 80.8 Å². The molecule has 0 radical (unpaired) electrons. The Morgan fingerprint density at radius 2 is 0.711 bits per heavy atom. The Morgan fingerprint density at radius 1 is 0.454 bits per heavy atom. The highest BCUT2D eigenvalue weighted by atomic mass is 35.5. The molecule has 31 heteroatoms. The normalized spacial score (nSPS) is 19.4. The first-order valence-corrected chi connectivity index (χ1v) is 34.9. The largest absolute Gasteiger partial charge is 0.447 e. The number of aliphatic hydroxyl groups is 3. The van der Waals surface area contributed by atoms with Crippen LogP contribution in [-0.4, -0.2) is 150 Å². The molecule has 5 saturated heterocycles. The number of anilines is 5. The van der Waals surface area contributed by atoms with Crippen molar-refractivity contribution in [2.75, 3.05) is 71.3 Å². The third-order valence-electron chi connectivity index (χ3n) is 15.8. The van der Waals surface area contributed by atoms with Crippen LogP contribution in [0.2, 0.25) is 44.8 Å². The van der Waals surface area contributed by atoms with E-state index in [0.717, 1.165) is 0 Å². The van der Waals surface area contributed by atoms with Gasteiger partial charge in [0.25, 0.3) is 0 Å². The average Bonchev–Trinajstić information content (AvgIpc) is 1.67. The lowest BCUT2D eigenvalue weighted by atomic mass is 10.1. The van der Waals surface area contributed by atoms with Gasteiger partial charge in [-0.25, -0.2) is 53.1 Å². The molecule has 0 aromatic heterocycles. The maximum atomic E-state index is 12.2. The molecular weight excluding hydrogens is 1380 g/mol. The fraction of sp³-hybridized carbons (Fsp3) is 0.394. The summed E-state index contributed by atoms with van der Waals surface area (Å²) in [5.74, 6) is 0. The minimum Gasteiger partial charge on any atom is -0.447 e. The molecule has 10 rings (SSSR count). The van der Waals surface area contributed by atoms with E-state index in [9.17, 15) is 39.3 Å². The van der Waals surface area contributed by atoms with E-state index in [1.165, 1.54) is 26.7 Å². The molecule has 1 unspecified atom stereocenters. The van der Waals surface area contributed by atoms with Crippen molar-refractivity contribution in [2.45, 2.75) is 124 Å². The van der Waals surface area contributed by atoms with Gasteiger partial charge in [-0.2, -0.15) is 0 Å². The van der Waals surface area contributed by atoms with Crippen molar-refractivity contribution in [3.05, 3.63) is 171 Å². The molecule has 0 aliphatic carbocycles. The number of rotatable bonds is 12. The third-order valence-corrected chi connectivity index (χ3v) is 19.2. The zero-order valence-electron chi connectivity index (χ0n) is 54.7. The lowest BCUT2D eigenvalue weighted by molar-refractivity contribution is 0.0875. The standard InChI is InChI=1S/C16H21ClN2O3Si.2C13H13ClN2O3.2C12H11ClN2O3/c1-10-13(8-7-12(18-3)15(10)17)19-14(9-21-16(19)20)11(2)22-23(4,5)6;2*1-7-10(5-4-9(15-3)12(7)14)16-11(8(2)17)6-19-13(16)18;1-7-9(5-4-8(14-2)11(7)13)15-10(17-3)6-18-12(15)16;1-7-10(4-3-9(14-2)11(7)13)15-8(5-16)6-18-12(15)17/h7-8,11,14H,9H2,1-2,4-6H3;2*4-5,8,11,17H,6H2,1-2H3;4-5,10H,6H2,1,3H3;3-4,8,16H,5-6H2,1H3/t11?,14-;8-,11+;8-,11-;10-;8-/m10100/s1. The fourth-order valence-corrected chi connectivity index (χ4v) is 12.9. The van der Waals surface area contributed by atoms with E-state index < -0.39 is 75.3 Å². The lowest BCUT2D eigenvalue weighted by Gasteiger charge is -2.32. The molecule has 8 atom stereocenters. The lowest BCUT2D eigenvalue weighted by Crippen LogP contribution is -2.46. The van der Waals surface area contributed by atoms with Crippen molar-refractivity contribution in [1.29, 1.82) is 0 Å². The van der Waals surface area contributed by atoms with Crippen LogP contribution in [0.3, 0.4) is 0 Å². The third kappa shape index (κ3) is 17.2. The highest BCUT2D eigenvalue weighted by molar-refractivity contribution is 6.69. The van der Waals surface area contributed by atoms with Crippen LogP contribution < -0.4 is 24.5 Å². The van der Waals surface area contributed by atoms with Gasteiger partial charge >= 0.3 is 30.5 Å². The molecular formula is C66H69Cl5N10O15Si. The maximum absolute atomic E-state index is 12.2. The molecule has 5 aromatic rings. The predicted molar refractivity (Wildman–Crippen MR) is 372 cm³/mol. The smallest absolute Gasteiger partial charge is 0.416 e. The van der Waals surface area contributed by atoms with Crippen molar-refractivity contribution in [3.8, 4) is 0 Å². The van der Waals surface area contributed by atoms with Crippen LogP contribution in [0.25, 0.3) is 24.2 Å². The van der Waals surface area contributed by atoms with Gasteiger partial charge < -0.3 is 48.2 Å². The molecule has 5 aromatic carbocycles. The number of aliphatic hydroxyl groups excluding tert-OH is 3. The Hall–Kier alpha value is -8.63. The van der Waals surface area contributed by atoms with Crippen LogP contribution in [-0.2, 0) is 32.8 Å². The SMILES string of the molecule is [C-]#[N+]c1ccc(N2C(=O)OC[C@@H]2C(C)O[Si](C)(C)C)c(C)c1Cl.[C-]#[N+]c1ccc(N2C(=O)OC[C@@H]2CO)c(C)c1Cl.[C-]#[N+]c1ccc(N2C(=O)OC[C@@H]2OC)c(C)c1Cl.[C-]#[N+]c1ccc(N2C(=O)OC[C@@H]2[C@@H](C)O)c(C)c1Cl.[C-]#[N+]c1ccc(N2C(=O)OC[C@@H]2[C@H](C)O)c(C)c1Cl. The number of halogens is 5. The Morgan fingerprint density at radius 3 is 1.00 bits per heavy atom. The van der Waals surface area contributed by atoms with E-state index in [4.69, 9.17) is 124 Å². The second kappa shape index (κ2) is 33.6. The first kappa shape index (κ1) is 77.4. The van der Waals surface area contributed by atoms with Crippen molar-refractivity contribution < 1.29 is 72.1 Å². The van der Waals surface area contributed by atoms with Crippen LogP contribution in [0.1, 0.15) is 48.6 Å². The van der Waals surface area contributed by atoms with Crippen LogP contribution in [0.15, 0.2) is 60.7 Å². The number of carbonyl (C=O) groups is 5. The Labute approximate surface area is 588 Å². The topological polar surface area (TPSA) is 249 Å². The highest BCUT2D eigenvalue weighted by Crippen LogP contribution is 2.43. The van der Waals surface area contributed by atoms with E-state index in [1.54, 1.807) is 114 Å². The summed E-state index contributed by atoms with van der Waals surface area (Å²) < 4.78 is 36.3. The average molecular weight is 1450 g/mol. The fourth-order valence-electron chi connectivity index (χ4n) is 10.6. The van der Waals surface area contributed by atoms with Crippen LogP contribution in [0, 0.1) is 67.5 Å². The van der Waals surface area contributed by atoms with Gasteiger partial charge in [0.15, 0.2) is 14.5 Å². The van der Waals surface area contributed by atoms with Crippen molar-refractivity contribution in [2.24, 2.45) is 0 Å². The summed E-state index contributed by atoms with van der Waals surface area (Å²) in [6.07, 6.45) is -4.47. The van der Waals surface area contributed by atoms with Gasteiger partial charge in [-0.15, -0.1) is 0 Å². The monoisotopic (exact) mass is 1440 g/mol. The van der Waals surface area contributed by atoms with E-state index in [0.29, 0.717) is 110 Å². The number of hydrogen-bond acceptors (Lipinski definition) is 15. The van der Waals surface area contributed by atoms with Crippen molar-refractivity contribution >= 4 is 154 Å². The van der Waals surface area contributed by atoms with E-state index >= 15 is 0 Å². The quantitative estimate of drug-likeness (QED) is 0.0597. The van der Waals surface area contributed by atoms with Crippen molar-refractivity contribution in [1.82, 2.24) is 0 Å². The number of methoxy groups -OCH3 is 1. The molecule has 25 nitrogen and oxygen atoms in total. The summed E-state index contributed by atoms with van der Waals surface area (Å²) in [5, 5.41) is 30.3. The molecule has 0 spiro atoms. The molecule has 5 aliphatic heterocycles. The molecule has 0 bridgehead atoms. The summed E-state index contributed by atoms with van der Waals surface area (Å²) in [6, 6.07) is 14.7. The minimum absolute atomic E-state index is 0.137. The Kier molecular flexibility index (Phi) is 26.8. The Balaban J connectivity index is 0.000000192. The number of carbonyl (C=O) groups excluding carboxylic acids is 5. The highest BCUT2D eigenvalue weighted by Gasteiger charge is 2.43. The zero-order chi connectivity index (χ0) is 72.2. The number of amides is 5. The maximum Gasteiger partial charge on any atom is 0.416 e. The summed E-state index contributed by atoms with van der Waals surface area (Å²) >= 11 is 30.6. The van der Waals surface area contributed by atoms with E-state index in [1.807, 2.05) is 6.92 Å². The number of cyclic esters (lactones) is 5. The number of benzene rings is 5. The van der Waals surface area contributed by atoms with Crippen LogP contribution in [0.5, 0.6) is 0 Å². The molecule has 97 heavy (non-hydrogen) atoms. The first-order valence-electron chi connectivity index (χ1n) is 29.6. The Bertz CT molecular complexity index is 3870. The molecule has 512 valence electrons. The van der Waals surface area contributed by atoms with Crippen molar-refractivity contribution in [3.63, 3.8) is 0 Å². The van der Waals surface area contributed by atoms with Gasteiger partial charge in [0, 0.05) is 29.9 Å². The molecule has 0 saturated carbocycles. The number of nitrogens with zero attached hydrogens (tertiary/aromatic N) is 10. The van der Waals surface area contributed by atoms with Gasteiger partial charge in [0.05, 0.1) is 101 Å². The minimum atomic E-state index is -1.74. The predicted octanol–water partition coefficient (Wildman–Crippen LogP) is 16.2. The molecule has 3 N–H and O–H groups in total. The van der Waals surface area contributed by atoms with Gasteiger partial charge in [-0.05, 0) is 133 Å². The molecule has 5 aliphatic rings. The van der Waals surface area contributed by atoms with Gasteiger partial charge in [0.2, 0.25) is 28.4 Å². The molecule has 5 heterocycles. The zero-order valence-corrected chi connectivity index (χ0v) is 59.5. The summed E-state index contributed by atoms with van der Waals surface area (Å²) in [5.41, 5.74) is 7.94.